The first-order valence-electron chi connectivity index (χ1n) is 11.3. The van der Waals surface area contributed by atoms with Crippen LogP contribution in [0.2, 0.25) is 0 Å². The van der Waals surface area contributed by atoms with Crippen molar-refractivity contribution in [1.82, 2.24) is 9.55 Å². The first kappa shape index (κ1) is 21.2. The Balaban J connectivity index is 1.86. The Labute approximate surface area is 192 Å². The van der Waals surface area contributed by atoms with Crippen molar-refractivity contribution in [3.63, 3.8) is 0 Å². The van der Waals surface area contributed by atoms with Crippen molar-refractivity contribution >= 4 is 29.0 Å². The molecule has 0 bridgehead atoms. The average Bonchev–Trinajstić information content (AvgIpc) is 3.06. The maximum absolute atomic E-state index is 12.7. The normalized spacial score (nSPS) is 15.9. The number of esters is 1. The molecule has 3 aromatic rings. The molecule has 0 atom stereocenters. The molecular weight excluding hydrogens is 418 g/mol. The zero-order valence-electron chi connectivity index (χ0n) is 18.9. The molecule has 0 radical (unpaired) electrons. The number of methoxy groups -OCH3 is 2. The van der Waals surface area contributed by atoms with E-state index in [9.17, 15) is 9.59 Å². The number of ether oxygens (including phenoxy) is 2. The van der Waals surface area contributed by atoms with Crippen LogP contribution < -0.4 is 10.5 Å². The average molecular weight is 446 g/mol. The van der Waals surface area contributed by atoms with Crippen molar-refractivity contribution in [1.29, 1.82) is 0 Å². The van der Waals surface area contributed by atoms with Crippen molar-refractivity contribution in [3.8, 4) is 17.0 Å². The van der Waals surface area contributed by atoms with Gasteiger partial charge in [-0.25, -0.2) is 9.78 Å². The van der Waals surface area contributed by atoms with Crippen LogP contribution in [0.15, 0.2) is 35.9 Å². The Bertz CT molecular complexity index is 1300. The molecule has 1 amide bonds. The Morgan fingerprint density at radius 2 is 1.88 bits per heavy atom. The molecular formula is C26H27N3O4. The molecule has 1 fully saturated rings. The molecule has 0 spiro atoms. The summed E-state index contributed by atoms with van der Waals surface area (Å²) in [4.78, 5) is 29.3. The maximum atomic E-state index is 12.7. The number of pyridine rings is 1. The van der Waals surface area contributed by atoms with E-state index in [1.165, 1.54) is 31.9 Å². The molecule has 2 N–H and O–H groups in total. The summed E-state index contributed by atoms with van der Waals surface area (Å²) in [6.07, 6.45) is 7.69. The van der Waals surface area contributed by atoms with Gasteiger partial charge in [-0.05, 0) is 66.3 Å². The van der Waals surface area contributed by atoms with Crippen LogP contribution in [-0.4, -0.2) is 35.6 Å². The number of fused-ring (bicyclic) bond motifs is 5. The Morgan fingerprint density at radius 1 is 1.09 bits per heavy atom. The largest absolute Gasteiger partial charge is 0.497 e. The van der Waals surface area contributed by atoms with E-state index < -0.39 is 11.9 Å². The quantitative estimate of drug-likeness (QED) is 0.600. The SMILES string of the molecule is COC(=O)C1=Cc2cc(OC)ccc2-c2c(C3CCCCC3)c3ccc(C(N)=O)nc3n2C1. The number of aromatic nitrogens is 2. The van der Waals surface area contributed by atoms with Crippen molar-refractivity contribution in [2.45, 2.75) is 44.6 Å². The van der Waals surface area contributed by atoms with E-state index >= 15 is 0 Å². The van der Waals surface area contributed by atoms with E-state index in [2.05, 4.69) is 4.98 Å². The minimum atomic E-state index is -0.575. The van der Waals surface area contributed by atoms with Crippen molar-refractivity contribution in [3.05, 3.63) is 52.7 Å². The lowest BCUT2D eigenvalue weighted by molar-refractivity contribution is -0.136. The first-order chi connectivity index (χ1) is 16.0. The number of carbonyl (C=O) groups excluding carboxylic acids is 2. The number of hydrogen-bond acceptors (Lipinski definition) is 5. The summed E-state index contributed by atoms with van der Waals surface area (Å²) in [5, 5.41) is 1.01. The molecule has 0 unspecified atom stereocenters. The predicted octanol–water partition coefficient (Wildman–Crippen LogP) is 4.43. The number of hydrogen-bond donors (Lipinski definition) is 1. The van der Waals surface area contributed by atoms with Gasteiger partial charge in [-0.3, -0.25) is 4.79 Å². The van der Waals surface area contributed by atoms with Gasteiger partial charge in [0.05, 0.1) is 32.0 Å². The monoisotopic (exact) mass is 445 g/mol. The highest BCUT2D eigenvalue weighted by molar-refractivity contribution is 6.00. The van der Waals surface area contributed by atoms with E-state index in [1.807, 2.05) is 34.9 Å². The molecule has 7 heteroatoms. The summed E-state index contributed by atoms with van der Waals surface area (Å²) in [6, 6.07) is 9.57. The van der Waals surface area contributed by atoms with Crippen LogP contribution in [0.5, 0.6) is 5.75 Å². The number of amides is 1. The fraction of sp³-hybridized carbons (Fsp3) is 0.346. The number of primary amides is 1. The smallest absolute Gasteiger partial charge is 0.335 e. The minimum Gasteiger partial charge on any atom is -0.497 e. The van der Waals surface area contributed by atoms with Gasteiger partial charge in [0.25, 0.3) is 5.91 Å². The third-order valence-electron chi connectivity index (χ3n) is 6.83. The van der Waals surface area contributed by atoms with E-state index in [4.69, 9.17) is 15.2 Å². The lowest BCUT2D eigenvalue weighted by atomic mass is 9.81. The van der Waals surface area contributed by atoms with Gasteiger partial charge in [0.2, 0.25) is 0 Å². The van der Waals surface area contributed by atoms with Crippen LogP contribution in [0.25, 0.3) is 28.4 Å². The molecule has 170 valence electrons. The summed E-state index contributed by atoms with van der Waals surface area (Å²) in [6.45, 7) is 0.289. The minimum absolute atomic E-state index is 0.209. The highest BCUT2D eigenvalue weighted by atomic mass is 16.5. The van der Waals surface area contributed by atoms with Crippen LogP contribution in [0.3, 0.4) is 0 Å². The number of rotatable bonds is 4. The standard InChI is InChI=1S/C26H27N3O4/c1-32-18-8-9-19-16(13-18)12-17(26(31)33-2)14-29-23(19)22(15-6-4-3-5-7-15)20-10-11-21(24(27)30)28-25(20)29/h8-13,15H,3-7,14H2,1-2H3,(H2,27,30). The molecule has 2 aromatic heterocycles. The topological polar surface area (TPSA) is 96.4 Å². The number of nitrogens with zero attached hydrogens (tertiary/aromatic N) is 2. The van der Waals surface area contributed by atoms with E-state index in [0.717, 1.165) is 35.0 Å². The van der Waals surface area contributed by atoms with E-state index in [1.54, 1.807) is 13.2 Å². The van der Waals surface area contributed by atoms with Crippen LogP contribution >= 0.6 is 0 Å². The number of carbonyl (C=O) groups is 2. The van der Waals surface area contributed by atoms with Gasteiger partial charge in [0.15, 0.2) is 0 Å². The van der Waals surface area contributed by atoms with Crippen molar-refractivity contribution < 1.29 is 19.1 Å². The Morgan fingerprint density at radius 3 is 2.58 bits per heavy atom. The Hall–Kier alpha value is -3.61. The zero-order valence-corrected chi connectivity index (χ0v) is 18.9. The molecule has 33 heavy (non-hydrogen) atoms. The third kappa shape index (κ3) is 3.57. The van der Waals surface area contributed by atoms with Gasteiger partial charge in [-0.2, -0.15) is 0 Å². The second-order valence-corrected chi connectivity index (χ2v) is 8.73. The van der Waals surface area contributed by atoms with Gasteiger partial charge in [-0.1, -0.05) is 19.3 Å². The van der Waals surface area contributed by atoms with Crippen LogP contribution in [0, 0.1) is 0 Å². The number of nitrogens with two attached hydrogens (primary N) is 1. The maximum Gasteiger partial charge on any atom is 0.335 e. The molecule has 3 heterocycles. The van der Waals surface area contributed by atoms with Gasteiger partial charge in [0, 0.05) is 10.9 Å². The van der Waals surface area contributed by atoms with Gasteiger partial charge >= 0.3 is 5.97 Å². The lowest BCUT2D eigenvalue weighted by Gasteiger charge is -2.23. The first-order valence-corrected chi connectivity index (χ1v) is 11.3. The summed E-state index contributed by atoms with van der Waals surface area (Å²) >= 11 is 0. The highest BCUT2D eigenvalue weighted by Crippen LogP contribution is 2.46. The second-order valence-electron chi connectivity index (χ2n) is 8.73. The molecule has 1 aliphatic carbocycles. The summed E-state index contributed by atoms with van der Waals surface area (Å²) in [5.41, 5.74) is 11.1. The van der Waals surface area contributed by atoms with Crippen molar-refractivity contribution in [2.24, 2.45) is 5.73 Å². The Kier molecular flexibility index (Phi) is 5.40. The summed E-state index contributed by atoms with van der Waals surface area (Å²) in [5.74, 6) is 0.124. The van der Waals surface area contributed by atoms with E-state index in [0.29, 0.717) is 22.9 Å². The third-order valence-corrected chi connectivity index (χ3v) is 6.83. The molecule has 0 saturated heterocycles. The fourth-order valence-corrected chi connectivity index (χ4v) is 5.29. The lowest BCUT2D eigenvalue weighted by Crippen LogP contribution is -2.14. The van der Waals surface area contributed by atoms with Crippen LogP contribution in [-0.2, 0) is 16.1 Å². The second kappa shape index (κ2) is 8.39. The molecule has 1 aromatic carbocycles. The fourth-order valence-electron chi connectivity index (χ4n) is 5.29. The predicted molar refractivity (Wildman–Crippen MR) is 126 cm³/mol. The molecule has 7 nitrogen and oxygen atoms in total. The van der Waals surface area contributed by atoms with E-state index in [-0.39, 0.29) is 12.2 Å². The summed E-state index contributed by atoms with van der Waals surface area (Å²) < 4.78 is 12.6. The van der Waals surface area contributed by atoms with Gasteiger partial charge in [-0.15, -0.1) is 0 Å². The molecule has 5 rings (SSSR count). The molecule has 2 aliphatic rings. The molecule has 1 saturated carbocycles. The van der Waals surface area contributed by atoms with Crippen LogP contribution in [0.4, 0.5) is 0 Å². The zero-order chi connectivity index (χ0) is 23.1. The summed E-state index contributed by atoms with van der Waals surface area (Å²) in [7, 11) is 3.01. The van der Waals surface area contributed by atoms with Gasteiger partial charge in [0.1, 0.15) is 17.1 Å². The van der Waals surface area contributed by atoms with Crippen molar-refractivity contribution in [2.75, 3.05) is 14.2 Å². The van der Waals surface area contributed by atoms with Crippen LogP contribution in [0.1, 0.15) is 59.6 Å². The number of benzene rings is 1. The highest BCUT2D eigenvalue weighted by Gasteiger charge is 2.31. The van der Waals surface area contributed by atoms with Gasteiger partial charge < -0.3 is 19.8 Å². The molecule has 1 aliphatic heterocycles.